The van der Waals surface area contributed by atoms with Crippen molar-refractivity contribution in [3.63, 3.8) is 0 Å². The van der Waals surface area contributed by atoms with Gasteiger partial charge in [0, 0.05) is 35.3 Å². The molecule has 0 heterocycles. The Morgan fingerprint density at radius 2 is 2.00 bits per heavy atom. The second-order valence-electron chi connectivity index (χ2n) is 7.21. The Morgan fingerprint density at radius 3 is 2.48 bits per heavy atom. The zero-order chi connectivity index (χ0) is 15.5. The molecule has 0 amide bonds. The highest BCUT2D eigenvalue weighted by Gasteiger charge is 2.20. The molecule has 1 aromatic carbocycles. The highest BCUT2D eigenvalue weighted by molar-refractivity contribution is 9.10. The first-order valence-electron chi connectivity index (χ1n) is 8.17. The van der Waals surface area contributed by atoms with Crippen LogP contribution in [0.4, 0.5) is 5.69 Å². The van der Waals surface area contributed by atoms with Crippen LogP contribution >= 0.6 is 15.9 Å². The van der Waals surface area contributed by atoms with Crippen LogP contribution in [0.3, 0.4) is 0 Å². The van der Waals surface area contributed by atoms with E-state index in [-0.39, 0.29) is 5.54 Å². The van der Waals surface area contributed by atoms with Crippen LogP contribution in [0.2, 0.25) is 0 Å². The molecule has 21 heavy (non-hydrogen) atoms. The maximum Gasteiger partial charge on any atom is 0.0377 e. The molecule has 0 unspecified atom stereocenters. The van der Waals surface area contributed by atoms with Crippen molar-refractivity contribution < 1.29 is 0 Å². The average molecular weight is 353 g/mol. The van der Waals surface area contributed by atoms with Gasteiger partial charge in [0.15, 0.2) is 0 Å². The number of anilines is 1. The number of nitrogens with one attached hydrogen (secondary N) is 1. The highest BCUT2D eigenvalue weighted by Crippen LogP contribution is 2.30. The van der Waals surface area contributed by atoms with Gasteiger partial charge in [0.1, 0.15) is 0 Å². The minimum atomic E-state index is 0.151. The van der Waals surface area contributed by atoms with Crippen LogP contribution in [0.1, 0.15) is 52.5 Å². The molecule has 1 aliphatic carbocycles. The largest absolute Gasteiger partial charge is 0.372 e. The van der Waals surface area contributed by atoms with E-state index in [1.165, 1.54) is 41.5 Å². The summed E-state index contributed by atoms with van der Waals surface area (Å²) in [6.07, 6.45) is 4.24. The van der Waals surface area contributed by atoms with Gasteiger partial charge in [-0.05, 0) is 64.2 Å². The van der Waals surface area contributed by atoms with Gasteiger partial charge in [0.25, 0.3) is 0 Å². The van der Waals surface area contributed by atoms with E-state index in [1.54, 1.807) is 0 Å². The summed E-state index contributed by atoms with van der Waals surface area (Å²) < 4.78 is 1.21. The van der Waals surface area contributed by atoms with Crippen LogP contribution in [0, 0.1) is 5.92 Å². The van der Waals surface area contributed by atoms with Gasteiger partial charge in [-0.25, -0.2) is 0 Å². The normalized spacial score (nSPS) is 15.9. The molecule has 1 saturated carbocycles. The third-order valence-electron chi connectivity index (χ3n) is 4.30. The van der Waals surface area contributed by atoms with E-state index >= 15 is 0 Å². The van der Waals surface area contributed by atoms with Crippen LogP contribution in [0.15, 0.2) is 22.7 Å². The van der Waals surface area contributed by atoms with E-state index < -0.39 is 0 Å². The maximum atomic E-state index is 3.74. The summed E-state index contributed by atoms with van der Waals surface area (Å²) in [5.74, 6) is 0.908. The summed E-state index contributed by atoms with van der Waals surface area (Å²) in [5.41, 5.74) is 2.82. The molecular weight excluding hydrogens is 324 g/mol. The second-order valence-corrected chi connectivity index (χ2v) is 8.07. The lowest BCUT2D eigenvalue weighted by molar-refractivity contribution is 0.318. The fourth-order valence-electron chi connectivity index (χ4n) is 2.64. The summed E-state index contributed by atoms with van der Waals surface area (Å²) in [7, 11) is 0. The second kappa shape index (κ2) is 7.15. The minimum Gasteiger partial charge on any atom is -0.372 e. The molecular formula is C18H29BrN2. The van der Waals surface area contributed by atoms with Gasteiger partial charge < -0.3 is 10.2 Å². The standard InChI is InChI=1S/C18H29BrN2/c1-5-21(13-14-7-6-8-14)16-10-9-15(17(19)11-16)12-20-18(2,3)4/h9-11,14,20H,5-8,12-13H2,1-4H3. The topological polar surface area (TPSA) is 15.3 Å². The van der Waals surface area contributed by atoms with E-state index in [1.807, 2.05) is 0 Å². The van der Waals surface area contributed by atoms with Crippen molar-refractivity contribution in [2.75, 3.05) is 18.0 Å². The molecule has 0 saturated heterocycles. The Hall–Kier alpha value is -0.540. The van der Waals surface area contributed by atoms with Gasteiger partial charge in [-0.3, -0.25) is 0 Å². The SMILES string of the molecule is CCN(CC1CCC1)c1ccc(CNC(C)(C)C)c(Br)c1. The summed E-state index contributed by atoms with van der Waals surface area (Å²) in [4.78, 5) is 2.51. The number of hydrogen-bond donors (Lipinski definition) is 1. The maximum absolute atomic E-state index is 3.74. The summed E-state index contributed by atoms with van der Waals surface area (Å²) in [6, 6.07) is 6.80. The fourth-order valence-corrected chi connectivity index (χ4v) is 3.15. The molecule has 0 aromatic heterocycles. The Morgan fingerprint density at radius 1 is 1.29 bits per heavy atom. The van der Waals surface area contributed by atoms with E-state index in [4.69, 9.17) is 0 Å². The first-order valence-corrected chi connectivity index (χ1v) is 8.97. The number of halogens is 1. The molecule has 1 N–H and O–H groups in total. The van der Waals surface area contributed by atoms with Crippen molar-refractivity contribution in [1.29, 1.82) is 0 Å². The van der Waals surface area contributed by atoms with Crippen molar-refractivity contribution in [2.24, 2.45) is 5.92 Å². The first-order chi connectivity index (χ1) is 9.89. The molecule has 118 valence electrons. The van der Waals surface area contributed by atoms with Crippen LogP contribution in [-0.2, 0) is 6.54 Å². The molecule has 1 aliphatic rings. The molecule has 3 heteroatoms. The number of rotatable bonds is 6. The van der Waals surface area contributed by atoms with Gasteiger partial charge in [-0.1, -0.05) is 28.4 Å². The lowest BCUT2D eigenvalue weighted by Crippen LogP contribution is -2.35. The van der Waals surface area contributed by atoms with E-state index in [0.29, 0.717) is 0 Å². The minimum absolute atomic E-state index is 0.151. The zero-order valence-corrected chi connectivity index (χ0v) is 15.5. The van der Waals surface area contributed by atoms with Crippen molar-refractivity contribution in [3.05, 3.63) is 28.2 Å². The molecule has 0 spiro atoms. The third-order valence-corrected chi connectivity index (χ3v) is 5.03. The Bertz CT molecular complexity index is 461. The predicted molar refractivity (Wildman–Crippen MR) is 96.0 cm³/mol. The zero-order valence-electron chi connectivity index (χ0n) is 13.9. The van der Waals surface area contributed by atoms with Gasteiger partial charge >= 0.3 is 0 Å². The predicted octanol–water partition coefficient (Wildman–Crippen LogP) is 4.96. The summed E-state index contributed by atoms with van der Waals surface area (Å²) in [5, 5.41) is 3.55. The summed E-state index contributed by atoms with van der Waals surface area (Å²) in [6.45, 7) is 12.1. The Balaban J connectivity index is 2.02. The summed E-state index contributed by atoms with van der Waals surface area (Å²) >= 11 is 3.74. The average Bonchev–Trinajstić information content (AvgIpc) is 2.35. The highest BCUT2D eigenvalue weighted by atomic mass is 79.9. The quantitative estimate of drug-likeness (QED) is 0.777. The van der Waals surface area contributed by atoms with Gasteiger partial charge in [0.2, 0.25) is 0 Å². The molecule has 1 fully saturated rings. The number of hydrogen-bond acceptors (Lipinski definition) is 2. The van der Waals surface area contributed by atoms with Crippen LogP contribution in [0.25, 0.3) is 0 Å². The van der Waals surface area contributed by atoms with Crippen molar-refractivity contribution in [2.45, 2.75) is 59.0 Å². The fraction of sp³-hybridized carbons (Fsp3) is 0.667. The lowest BCUT2D eigenvalue weighted by Gasteiger charge is -2.33. The molecule has 1 aromatic rings. The van der Waals surface area contributed by atoms with E-state index in [0.717, 1.165) is 19.0 Å². The van der Waals surface area contributed by atoms with Crippen molar-refractivity contribution in [1.82, 2.24) is 5.32 Å². The molecule has 2 nitrogen and oxygen atoms in total. The smallest absolute Gasteiger partial charge is 0.0377 e. The van der Waals surface area contributed by atoms with E-state index in [9.17, 15) is 0 Å². The molecule has 0 atom stereocenters. The lowest BCUT2D eigenvalue weighted by atomic mass is 9.85. The van der Waals surface area contributed by atoms with Crippen LogP contribution < -0.4 is 10.2 Å². The number of benzene rings is 1. The monoisotopic (exact) mass is 352 g/mol. The molecule has 0 radical (unpaired) electrons. The first kappa shape index (κ1) is 16.8. The van der Waals surface area contributed by atoms with Crippen molar-refractivity contribution in [3.8, 4) is 0 Å². The van der Waals surface area contributed by atoms with Gasteiger partial charge in [-0.2, -0.15) is 0 Å². The van der Waals surface area contributed by atoms with Crippen LogP contribution in [-0.4, -0.2) is 18.6 Å². The van der Waals surface area contributed by atoms with Gasteiger partial charge in [0.05, 0.1) is 0 Å². The molecule has 0 aliphatic heterocycles. The number of nitrogens with zero attached hydrogens (tertiary/aromatic N) is 1. The Labute approximate surface area is 138 Å². The molecule has 2 rings (SSSR count). The molecule has 0 bridgehead atoms. The van der Waals surface area contributed by atoms with Gasteiger partial charge in [-0.15, -0.1) is 0 Å². The van der Waals surface area contributed by atoms with Crippen LogP contribution in [0.5, 0.6) is 0 Å². The van der Waals surface area contributed by atoms with E-state index in [2.05, 4.69) is 72.0 Å². The third kappa shape index (κ3) is 5.00. The van der Waals surface area contributed by atoms with Crippen molar-refractivity contribution >= 4 is 21.6 Å². The Kier molecular flexibility index (Phi) is 5.73.